The Bertz CT molecular complexity index is 431. The monoisotopic (exact) mass is 295 g/mol. The lowest BCUT2D eigenvalue weighted by molar-refractivity contribution is 0.229. The van der Waals surface area contributed by atoms with Gasteiger partial charge in [-0.25, -0.2) is 0 Å². The van der Waals surface area contributed by atoms with Crippen LogP contribution in [-0.2, 0) is 6.54 Å². The van der Waals surface area contributed by atoms with Crippen LogP contribution in [0.15, 0.2) is 24.3 Å². The van der Waals surface area contributed by atoms with Crippen molar-refractivity contribution >= 4 is 34.0 Å². The van der Waals surface area contributed by atoms with E-state index in [1.54, 1.807) is 11.8 Å². The minimum Gasteiger partial charge on any atom is -0.378 e. The Morgan fingerprint density at radius 3 is 2.42 bits per heavy atom. The summed E-state index contributed by atoms with van der Waals surface area (Å²) in [6.07, 6.45) is 0. The summed E-state index contributed by atoms with van der Waals surface area (Å²) in [7, 11) is 6.27. The molecule has 1 saturated heterocycles. The maximum Gasteiger partial charge on any atom is 0.137 e. The lowest BCUT2D eigenvalue weighted by Crippen LogP contribution is -2.35. The largest absolute Gasteiger partial charge is 0.378 e. The van der Waals surface area contributed by atoms with Gasteiger partial charge in [0.1, 0.15) is 4.32 Å². The Labute approximate surface area is 125 Å². The van der Waals surface area contributed by atoms with Gasteiger partial charge in [-0.1, -0.05) is 36.1 Å². The van der Waals surface area contributed by atoms with E-state index in [2.05, 4.69) is 60.1 Å². The summed E-state index contributed by atoms with van der Waals surface area (Å²) >= 11 is 7.11. The molecule has 0 bridgehead atoms. The first-order valence-electron chi connectivity index (χ1n) is 6.43. The molecule has 104 valence electrons. The molecule has 5 heteroatoms. The van der Waals surface area contributed by atoms with Gasteiger partial charge in [0.05, 0.1) is 6.67 Å². The SMILES string of the molecule is CN(Cc1ccc(N(C)C)cc1)CN1CCSC1=S. The molecule has 0 N–H and O–H groups in total. The standard InChI is InChI=1S/C14H21N3S2/c1-15(2)13-6-4-12(5-7-13)10-16(3)11-17-8-9-19-14(17)18/h4-7H,8-11H2,1-3H3. The third-order valence-corrected chi connectivity index (χ3v) is 4.67. The maximum absolute atomic E-state index is 5.33. The number of rotatable bonds is 5. The van der Waals surface area contributed by atoms with E-state index in [4.69, 9.17) is 12.2 Å². The molecule has 0 amide bonds. The molecule has 2 rings (SSSR count). The van der Waals surface area contributed by atoms with E-state index in [9.17, 15) is 0 Å². The molecule has 1 fully saturated rings. The molecular weight excluding hydrogens is 274 g/mol. The van der Waals surface area contributed by atoms with E-state index in [-0.39, 0.29) is 0 Å². The zero-order valence-electron chi connectivity index (χ0n) is 11.8. The number of hydrogen-bond donors (Lipinski definition) is 0. The highest BCUT2D eigenvalue weighted by molar-refractivity contribution is 8.23. The van der Waals surface area contributed by atoms with Crippen molar-refractivity contribution in [2.45, 2.75) is 6.54 Å². The molecule has 1 aliphatic rings. The molecule has 1 aromatic carbocycles. The summed E-state index contributed by atoms with van der Waals surface area (Å²) in [5, 5.41) is 0. The number of nitrogens with zero attached hydrogens (tertiary/aromatic N) is 3. The van der Waals surface area contributed by atoms with Gasteiger partial charge in [-0.2, -0.15) is 0 Å². The van der Waals surface area contributed by atoms with Crippen LogP contribution in [0.2, 0.25) is 0 Å². The third-order valence-electron chi connectivity index (χ3n) is 3.16. The van der Waals surface area contributed by atoms with Crippen LogP contribution < -0.4 is 4.90 Å². The van der Waals surface area contributed by atoms with Crippen molar-refractivity contribution in [1.29, 1.82) is 0 Å². The smallest absolute Gasteiger partial charge is 0.137 e. The number of benzene rings is 1. The van der Waals surface area contributed by atoms with E-state index in [1.807, 2.05) is 0 Å². The fourth-order valence-corrected chi connectivity index (χ4v) is 3.32. The molecular formula is C14H21N3S2. The Morgan fingerprint density at radius 1 is 1.21 bits per heavy atom. The Hall–Kier alpha value is -0.780. The molecule has 0 saturated carbocycles. The predicted octanol–water partition coefficient (Wildman–Crippen LogP) is 2.48. The van der Waals surface area contributed by atoms with Crippen molar-refractivity contribution in [3.8, 4) is 0 Å². The van der Waals surface area contributed by atoms with Crippen LogP contribution in [0.5, 0.6) is 0 Å². The van der Waals surface area contributed by atoms with Gasteiger partial charge in [-0.15, -0.1) is 0 Å². The molecule has 19 heavy (non-hydrogen) atoms. The van der Waals surface area contributed by atoms with E-state index >= 15 is 0 Å². The van der Waals surface area contributed by atoms with Crippen LogP contribution in [0.25, 0.3) is 0 Å². The van der Waals surface area contributed by atoms with Crippen molar-refractivity contribution in [2.75, 3.05) is 45.0 Å². The first kappa shape index (κ1) is 14.6. The van der Waals surface area contributed by atoms with Gasteiger partial charge < -0.3 is 9.80 Å². The molecule has 1 heterocycles. The molecule has 0 aromatic heterocycles. The molecule has 0 atom stereocenters. The fraction of sp³-hybridized carbons (Fsp3) is 0.500. The zero-order valence-corrected chi connectivity index (χ0v) is 13.4. The van der Waals surface area contributed by atoms with Crippen LogP contribution in [0.1, 0.15) is 5.56 Å². The van der Waals surface area contributed by atoms with Gasteiger partial charge in [-0.3, -0.25) is 4.90 Å². The van der Waals surface area contributed by atoms with E-state index in [1.165, 1.54) is 11.3 Å². The van der Waals surface area contributed by atoms with Gasteiger partial charge in [0.15, 0.2) is 0 Å². The van der Waals surface area contributed by atoms with Crippen LogP contribution in [0.3, 0.4) is 0 Å². The van der Waals surface area contributed by atoms with E-state index in [0.29, 0.717) is 0 Å². The molecule has 0 radical (unpaired) electrons. The lowest BCUT2D eigenvalue weighted by atomic mass is 10.2. The van der Waals surface area contributed by atoms with Crippen molar-refractivity contribution in [2.24, 2.45) is 0 Å². The minimum atomic E-state index is 0.918. The second-order valence-corrected chi connectivity index (χ2v) is 6.82. The van der Waals surface area contributed by atoms with Crippen LogP contribution in [-0.4, -0.2) is 54.2 Å². The second kappa shape index (κ2) is 6.59. The van der Waals surface area contributed by atoms with E-state index in [0.717, 1.165) is 29.8 Å². The highest BCUT2D eigenvalue weighted by Gasteiger charge is 2.18. The van der Waals surface area contributed by atoms with Crippen molar-refractivity contribution in [1.82, 2.24) is 9.80 Å². The predicted molar refractivity (Wildman–Crippen MR) is 88.9 cm³/mol. The molecule has 0 spiro atoms. The maximum atomic E-state index is 5.33. The quantitative estimate of drug-likeness (QED) is 0.770. The second-order valence-electron chi connectivity index (χ2n) is 5.09. The number of hydrogen-bond acceptors (Lipinski definition) is 4. The van der Waals surface area contributed by atoms with Gasteiger partial charge in [0.2, 0.25) is 0 Å². The number of thioether (sulfide) groups is 1. The number of anilines is 1. The molecule has 0 aliphatic carbocycles. The molecule has 0 unspecified atom stereocenters. The fourth-order valence-electron chi connectivity index (χ4n) is 2.11. The topological polar surface area (TPSA) is 9.72 Å². The Kier molecular flexibility index (Phi) is 5.07. The third kappa shape index (κ3) is 4.09. The summed E-state index contributed by atoms with van der Waals surface area (Å²) in [5.74, 6) is 1.13. The Morgan fingerprint density at radius 2 is 1.89 bits per heavy atom. The average molecular weight is 295 g/mol. The summed E-state index contributed by atoms with van der Waals surface area (Å²) in [4.78, 5) is 6.70. The van der Waals surface area contributed by atoms with Gasteiger partial charge in [-0.05, 0) is 24.7 Å². The first-order chi connectivity index (χ1) is 9.06. The Balaban J connectivity index is 1.87. The molecule has 1 aromatic rings. The average Bonchev–Trinajstić information content (AvgIpc) is 2.75. The van der Waals surface area contributed by atoms with Crippen molar-refractivity contribution in [3.63, 3.8) is 0 Å². The van der Waals surface area contributed by atoms with Crippen molar-refractivity contribution < 1.29 is 0 Å². The summed E-state index contributed by atoms with van der Waals surface area (Å²) in [5.41, 5.74) is 2.58. The molecule has 1 aliphatic heterocycles. The molecule has 3 nitrogen and oxygen atoms in total. The minimum absolute atomic E-state index is 0.918. The van der Waals surface area contributed by atoms with Gasteiger partial charge in [0, 0.05) is 38.6 Å². The normalized spacial score (nSPS) is 15.4. The highest BCUT2D eigenvalue weighted by atomic mass is 32.2. The summed E-state index contributed by atoms with van der Waals surface area (Å²) < 4.78 is 1.04. The van der Waals surface area contributed by atoms with Crippen LogP contribution >= 0.6 is 24.0 Å². The van der Waals surface area contributed by atoms with Gasteiger partial charge >= 0.3 is 0 Å². The summed E-state index contributed by atoms with van der Waals surface area (Å²) in [6, 6.07) is 8.73. The van der Waals surface area contributed by atoms with Crippen LogP contribution in [0, 0.1) is 0 Å². The zero-order chi connectivity index (χ0) is 13.8. The van der Waals surface area contributed by atoms with Crippen LogP contribution in [0.4, 0.5) is 5.69 Å². The van der Waals surface area contributed by atoms with Crippen molar-refractivity contribution in [3.05, 3.63) is 29.8 Å². The first-order valence-corrected chi connectivity index (χ1v) is 7.82. The lowest BCUT2D eigenvalue weighted by Gasteiger charge is -2.25. The summed E-state index contributed by atoms with van der Waals surface area (Å²) in [6.45, 7) is 2.95. The van der Waals surface area contributed by atoms with Gasteiger partial charge in [0.25, 0.3) is 0 Å². The highest BCUT2D eigenvalue weighted by Crippen LogP contribution is 2.18. The van der Waals surface area contributed by atoms with E-state index < -0.39 is 0 Å². The number of thiocarbonyl (C=S) groups is 1.